The van der Waals surface area contributed by atoms with Gasteiger partial charge in [-0.3, -0.25) is 9.79 Å². The first-order chi connectivity index (χ1) is 13.5. The van der Waals surface area contributed by atoms with E-state index in [2.05, 4.69) is 15.6 Å². The SMILES string of the molecule is CCNC(=NCCc1ccccc1Cl)NCCc1cccc(C(=O)N(C)C)c1.I. The second-order valence-corrected chi connectivity index (χ2v) is 7.09. The van der Waals surface area contributed by atoms with E-state index in [-0.39, 0.29) is 29.9 Å². The summed E-state index contributed by atoms with van der Waals surface area (Å²) in [5.41, 5.74) is 2.93. The van der Waals surface area contributed by atoms with Crippen LogP contribution in [0.3, 0.4) is 0 Å². The van der Waals surface area contributed by atoms with Gasteiger partial charge in [0, 0.05) is 44.3 Å². The smallest absolute Gasteiger partial charge is 0.253 e. The fourth-order valence-corrected chi connectivity index (χ4v) is 3.00. The van der Waals surface area contributed by atoms with Crippen molar-refractivity contribution in [2.75, 3.05) is 33.7 Å². The van der Waals surface area contributed by atoms with E-state index in [1.165, 1.54) is 0 Å². The predicted octanol–water partition coefficient (Wildman–Crippen LogP) is 4.00. The van der Waals surface area contributed by atoms with Crippen LogP contribution in [0.4, 0.5) is 0 Å². The Balaban J connectivity index is 0.00000420. The molecule has 0 saturated heterocycles. The van der Waals surface area contributed by atoms with Crippen LogP contribution in [0.15, 0.2) is 53.5 Å². The molecule has 7 heteroatoms. The summed E-state index contributed by atoms with van der Waals surface area (Å²) in [4.78, 5) is 18.3. The normalized spacial score (nSPS) is 10.8. The Morgan fingerprint density at radius 3 is 2.52 bits per heavy atom. The summed E-state index contributed by atoms with van der Waals surface area (Å²) < 4.78 is 0. The highest BCUT2D eigenvalue weighted by Crippen LogP contribution is 2.15. The minimum Gasteiger partial charge on any atom is -0.357 e. The highest BCUT2D eigenvalue weighted by molar-refractivity contribution is 14.0. The molecule has 29 heavy (non-hydrogen) atoms. The minimum absolute atomic E-state index is 0. The molecule has 5 nitrogen and oxygen atoms in total. The quantitative estimate of drug-likeness (QED) is 0.309. The number of carbonyl (C=O) groups is 1. The molecule has 0 heterocycles. The molecule has 0 atom stereocenters. The number of nitrogens with one attached hydrogen (secondary N) is 2. The lowest BCUT2D eigenvalue weighted by Gasteiger charge is -2.13. The zero-order chi connectivity index (χ0) is 20.4. The lowest BCUT2D eigenvalue weighted by atomic mass is 10.1. The summed E-state index contributed by atoms with van der Waals surface area (Å²) in [7, 11) is 3.52. The Bertz CT molecular complexity index is 811. The van der Waals surface area contributed by atoms with Crippen LogP contribution in [0, 0.1) is 0 Å². The molecule has 0 bridgehead atoms. The van der Waals surface area contributed by atoms with Crippen LogP contribution in [0.5, 0.6) is 0 Å². The van der Waals surface area contributed by atoms with E-state index in [1.54, 1.807) is 19.0 Å². The van der Waals surface area contributed by atoms with Crippen molar-refractivity contribution in [3.8, 4) is 0 Å². The van der Waals surface area contributed by atoms with Gasteiger partial charge < -0.3 is 15.5 Å². The van der Waals surface area contributed by atoms with Crippen molar-refractivity contribution in [2.45, 2.75) is 19.8 Å². The summed E-state index contributed by atoms with van der Waals surface area (Å²) in [6.45, 7) is 4.23. The molecule has 2 rings (SSSR count). The molecule has 0 fully saturated rings. The topological polar surface area (TPSA) is 56.7 Å². The van der Waals surface area contributed by atoms with Crippen LogP contribution >= 0.6 is 35.6 Å². The predicted molar refractivity (Wildman–Crippen MR) is 133 cm³/mol. The minimum atomic E-state index is 0. The number of rotatable bonds is 8. The highest BCUT2D eigenvalue weighted by atomic mass is 127. The van der Waals surface area contributed by atoms with E-state index in [9.17, 15) is 4.79 Å². The van der Waals surface area contributed by atoms with Crippen LogP contribution < -0.4 is 10.6 Å². The first-order valence-electron chi connectivity index (χ1n) is 9.57. The van der Waals surface area contributed by atoms with Gasteiger partial charge in [0.05, 0.1) is 0 Å². The van der Waals surface area contributed by atoms with E-state index in [4.69, 9.17) is 11.6 Å². The second-order valence-electron chi connectivity index (χ2n) is 6.68. The van der Waals surface area contributed by atoms with Gasteiger partial charge in [-0.25, -0.2) is 0 Å². The van der Waals surface area contributed by atoms with Gasteiger partial charge in [-0.15, -0.1) is 24.0 Å². The number of halogens is 2. The molecule has 2 aromatic rings. The Labute approximate surface area is 196 Å². The molecule has 0 aliphatic rings. The van der Waals surface area contributed by atoms with Gasteiger partial charge >= 0.3 is 0 Å². The third-order valence-corrected chi connectivity index (χ3v) is 4.61. The van der Waals surface area contributed by atoms with Crippen LogP contribution in [0.1, 0.15) is 28.4 Å². The Hall–Kier alpha value is -1.80. The number of hydrogen-bond donors (Lipinski definition) is 2. The lowest BCUT2D eigenvalue weighted by molar-refractivity contribution is 0.0827. The first-order valence-corrected chi connectivity index (χ1v) is 9.95. The summed E-state index contributed by atoms with van der Waals surface area (Å²) >= 11 is 6.20. The number of aliphatic imine (C=N–C) groups is 1. The van der Waals surface area contributed by atoms with Crippen LogP contribution in [0.2, 0.25) is 5.02 Å². The van der Waals surface area contributed by atoms with Crippen molar-refractivity contribution in [1.82, 2.24) is 15.5 Å². The number of guanidine groups is 1. The van der Waals surface area contributed by atoms with Crippen LogP contribution in [-0.2, 0) is 12.8 Å². The largest absolute Gasteiger partial charge is 0.357 e. The van der Waals surface area contributed by atoms with Gasteiger partial charge in [0.15, 0.2) is 5.96 Å². The van der Waals surface area contributed by atoms with Gasteiger partial charge in [-0.1, -0.05) is 41.9 Å². The number of hydrogen-bond acceptors (Lipinski definition) is 2. The molecule has 2 N–H and O–H groups in total. The maximum absolute atomic E-state index is 12.1. The second kappa shape index (κ2) is 13.4. The Morgan fingerprint density at radius 2 is 1.83 bits per heavy atom. The van der Waals surface area contributed by atoms with E-state index >= 15 is 0 Å². The number of carbonyl (C=O) groups excluding carboxylic acids is 1. The third-order valence-electron chi connectivity index (χ3n) is 4.24. The van der Waals surface area contributed by atoms with E-state index in [0.29, 0.717) is 12.1 Å². The van der Waals surface area contributed by atoms with Crippen molar-refractivity contribution in [3.05, 3.63) is 70.2 Å². The van der Waals surface area contributed by atoms with E-state index in [1.807, 2.05) is 55.5 Å². The third kappa shape index (κ3) is 8.62. The number of benzene rings is 2. The maximum atomic E-state index is 12.1. The average molecular weight is 529 g/mol. The molecule has 0 aliphatic heterocycles. The van der Waals surface area contributed by atoms with Gasteiger partial charge in [0.2, 0.25) is 0 Å². The molecule has 2 aromatic carbocycles. The molecule has 0 spiro atoms. The van der Waals surface area contributed by atoms with Crippen molar-refractivity contribution < 1.29 is 4.79 Å². The first kappa shape index (κ1) is 25.2. The molecule has 0 aromatic heterocycles. The highest BCUT2D eigenvalue weighted by Gasteiger charge is 2.08. The zero-order valence-corrected chi connectivity index (χ0v) is 20.3. The maximum Gasteiger partial charge on any atom is 0.253 e. The van der Waals surface area contributed by atoms with Crippen molar-refractivity contribution in [2.24, 2.45) is 4.99 Å². The van der Waals surface area contributed by atoms with E-state index < -0.39 is 0 Å². The lowest BCUT2D eigenvalue weighted by Crippen LogP contribution is -2.38. The van der Waals surface area contributed by atoms with Gasteiger partial charge in [0.25, 0.3) is 5.91 Å². The number of nitrogens with zero attached hydrogens (tertiary/aromatic N) is 2. The summed E-state index contributed by atoms with van der Waals surface area (Å²) in [6, 6.07) is 15.6. The molecule has 1 amide bonds. The van der Waals surface area contributed by atoms with Crippen LogP contribution in [-0.4, -0.2) is 50.5 Å². The molecular weight excluding hydrogens is 499 g/mol. The monoisotopic (exact) mass is 528 g/mol. The van der Waals surface area contributed by atoms with Crippen molar-refractivity contribution >= 4 is 47.4 Å². The van der Waals surface area contributed by atoms with Gasteiger partial charge in [-0.05, 0) is 49.1 Å². The summed E-state index contributed by atoms with van der Waals surface area (Å²) in [5.74, 6) is 0.805. The summed E-state index contributed by atoms with van der Waals surface area (Å²) in [6.07, 6.45) is 1.61. The zero-order valence-electron chi connectivity index (χ0n) is 17.2. The molecule has 0 unspecified atom stereocenters. The fourth-order valence-electron chi connectivity index (χ4n) is 2.77. The Kier molecular flexibility index (Phi) is 11.7. The molecule has 0 aliphatic carbocycles. The Morgan fingerprint density at radius 1 is 1.07 bits per heavy atom. The molecule has 0 saturated carbocycles. The molecule has 0 radical (unpaired) electrons. The van der Waals surface area contributed by atoms with Crippen molar-refractivity contribution in [1.29, 1.82) is 0 Å². The standard InChI is InChI=1S/C22H29ClN4O.HI/c1-4-24-22(26-15-13-18-9-5-6-11-20(18)23)25-14-12-17-8-7-10-19(16-17)21(28)27(2)3;/h5-11,16H,4,12-15H2,1-3H3,(H2,24,25,26);1H. The average Bonchev–Trinajstić information content (AvgIpc) is 2.69. The van der Waals surface area contributed by atoms with Gasteiger partial charge in [-0.2, -0.15) is 0 Å². The van der Waals surface area contributed by atoms with Gasteiger partial charge in [0.1, 0.15) is 0 Å². The molecular formula is C22H30ClIN4O. The van der Waals surface area contributed by atoms with Crippen molar-refractivity contribution in [3.63, 3.8) is 0 Å². The fraction of sp³-hybridized carbons (Fsp3) is 0.364. The number of amides is 1. The molecule has 158 valence electrons. The van der Waals surface area contributed by atoms with Crippen LogP contribution in [0.25, 0.3) is 0 Å². The van der Waals surface area contributed by atoms with E-state index in [0.717, 1.165) is 48.0 Å². The summed E-state index contributed by atoms with van der Waals surface area (Å²) in [5, 5.41) is 7.39.